The van der Waals surface area contributed by atoms with E-state index in [0.29, 0.717) is 17.7 Å². The van der Waals surface area contributed by atoms with E-state index in [0.717, 1.165) is 24.0 Å². The molecule has 32 heavy (non-hydrogen) atoms. The highest BCUT2D eigenvalue weighted by atomic mass is 16.5. The van der Waals surface area contributed by atoms with Crippen LogP contribution in [0.5, 0.6) is 5.75 Å². The molecule has 0 fully saturated rings. The number of benzene rings is 2. The summed E-state index contributed by atoms with van der Waals surface area (Å²) >= 11 is 0. The van der Waals surface area contributed by atoms with Gasteiger partial charge in [-0.1, -0.05) is 76.0 Å². The number of hydrazone groups is 1. The van der Waals surface area contributed by atoms with Gasteiger partial charge in [0.25, 0.3) is 0 Å². The summed E-state index contributed by atoms with van der Waals surface area (Å²) in [7, 11) is 0. The van der Waals surface area contributed by atoms with E-state index < -0.39 is 0 Å². The van der Waals surface area contributed by atoms with Crippen molar-refractivity contribution in [2.24, 2.45) is 5.10 Å². The lowest BCUT2D eigenvalue weighted by atomic mass is 10.1. The largest absolute Gasteiger partial charge is 0.423 e. The lowest BCUT2D eigenvalue weighted by Gasteiger charge is -2.05. The number of rotatable bonds is 14. The van der Waals surface area contributed by atoms with E-state index in [2.05, 4.69) is 17.5 Å². The first-order valence-electron chi connectivity index (χ1n) is 11.8. The molecule has 2 rings (SSSR count). The van der Waals surface area contributed by atoms with E-state index in [-0.39, 0.29) is 11.9 Å². The second-order valence-corrected chi connectivity index (χ2v) is 8.20. The van der Waals surface area contributed by atoms with Gasteiger partial charge in [-0.05, 0) is 55.3 Å². The topological polar surface area (TPSA) is 67.8 Å². The molecule has 0 saturated heterocycles. The smallest absolute Gasteiger partial charge is 0.343 e. The average molecular weight is 437 g/mol. The van der Waals surface area contributed by atoms with Gasteiger partial charge in [-0.3, -0.25) is 4.79 Å². The van der Waals surface area contributed by atoms with Gasteiger partial charge in [0.05, 0.1) is 11.8 Å². The first kappa shape index (κ1) is 25.3. The molecule has 2 aromatic carbocycles. The second-order valence-electron chi connectivity index (χ2n) is 8.20. The zero-order valence-electron chi connectivity index (χ0n) is 19.4. The maximum Gasteiger partial charge on any atom is 0.343 e. The van der Waals surface area contributed by atoms with Crippen LogP contribution in [0.25, 0.3) is 0 Å². The summed E-state index contributed by atoms with van der Waals surface area (Å²) in [6, 6.07) is 14.3. The minimum atomic E-state index is -0.390. The van der Waals surface area contributed by atoms with Gasteiger partial charge in [-0.25, -0.2) is 10.2 Å². The Kier molecular flexibility index (Phi) is 11.8. The van der Waals surface area contributed by atoms with E-state index in [9.17, 15) is 9.59 Å². The van der Waals surface area contributed by atoms with Crippen LogP contribution in [0.1, 0.15) is 92.6 Å². The van der Waals surface area contributed by atoms with Crippen LogP contribution in [-0.2, 0) is 4.79 Å². The van der Waals surface area contributed by atoms with Crippen molar-refractivity contribution in [1.82, 2.24) is 5.43 Å². The fourth-order valence-corrected chi connectivity index (χ4v) is 3.39. The molecule has 5 nitrogen and oxygen atoms in total. The van der Waals surface area contributed by atoms with Crippen molar-refractivity contribution in [2.45, 2.75) is 78.1 Å². The van der Waals surface area contributed by atoms with Gasteiger partial charge in [0.1, 0.15) is 5.75 Å². The molecule has 0 heterocycles. The molecule has 0 saturated carbocycles. The van der Waals surface area contributed by atoms with Crippen molar-refractivity contribution >= 4 is 18.1 Å². The second kappa shape index (κ2) is 15.0. The Morgan fingerprint density at radius 2 is 1.56 bits per heavy atom. The fraction of sp³-hybridized carbons (Fsp3) is 0.444. The van der Waals surface area contributed by atoms with Crippen LogP contribution in [0.2, 0.25) is 0 Å². The quantitative estimate of drug-likeness (QED) is 0.119. The first-order valence-corrected chi connectivity index (χ1v) is 11.8. The molecule has 2 aromatic rings. The number of esters is 1. The van der Waals surface area contributed by atoms with Crippen LogP contribution in [0.4, 0.5) is 0 Å². The van der Waals surface area contributed by atoms with E-state index in [1.54, 1.807) is 42.6 Å². The third kappa shape index (κ3) is 10.4. The number of carbonyl (C=O) groups excluding carboxylic acids is 2. The summed E-state index contributed by atoms with van der Waals surface area (Å²) in [6.07, 6.45) is 13.1. The van der Waals surface area contributed by atoms with Crippen LogP contribution in [-0.4, -0.2) is 18.1 Å². The SMILES string of the molecule is CCCCCCCCCCCC(=O)N/N=C/c1ccc(OC(=O)c2cccc(C)c2)cc1. The number of carbonyl (C=O) groups is 2. The number of hydrogen-bond donors (Lipinski definition) is 1. The summed E-state index contributed by atoms with van der Waals surface area (Å²) < 4.78 is 5.40. The highest BCUT2D eigenvalue weighted by molar-refractivity contribution is 5.91. The molecular formula is C27H36N2O3. The molecule has 0 aliphatic heterocycles. The predicted octanol–water partition coefficient (Wildman–Crippen LogP) is 6.59. The number of nitrogens with zero attached hydrogens (tertiary/aromatic N) is 1. The van der Waals surface area contributed by atoms with Crippen molar-refractivity contribution in [1.29, 1.82) is 0 Å². The Bertz CT molecular complexity index is 859. The molecule has 5 heteroatoms. The van der Waals surface area contributed by atoms with Crippen molar-refractivity contribution in [2.75, 3.05) is 0 Å². The molecule has 0 spiro atoms. The standard InChI is InChI=1S/C27H36N2O3/c1-3-4-5-6-7-8-9-10-11-15-26(30)29-28-21-23-16-18-25(19-17-23)32-27(31)24-14-12-13-22(2)20-24/h12-14,16-21H,3-11,15H2,1-2H3,(H,29,30)/b28-21+. The molecule has 0 aromatic heterocycles. The van der Waals surface area contributed by atoms with Crippen LogP contribution in [0.3, 0.4) is 0 Å². The molecule has 0 aliphatic carbocycles. The van der Waals surface area contributed by atoms with Gasteiger partial charge in [0.2, 0.25) is 5.91 Å². The maximum absolute atomic E-state index is 12.2. The number of nitrogens with one attached hydrogen (secondary N) is 1. The van der Waals surface area contributed by atoms with Gasteiger partial charge >= 0.3 is 5.97 Å². The number of hydrogen-bond acceptors (Lipinski definition) is 4. The van der Waals surface area contributed by atoms with Gasteiger partial charge in [-0.15, -0.1) is 0 Å². The monoisotopic (exact) mass is 436 g/mol. The third-order valence-corrected chi connectivity index (χ3v) is 5.25. The first-order chi connectivity index (χ1) is 15.6. The lowest BCUT2D eigenvalue weighted by Crippen LogP contribution is -2.16. The summed E-state index contributed by atoms with van der Waals surface area (Å²) in [5.74, 6) is 0.00910. The minimum absolute atomic E-state index is 0.0621. The van der Waals surface area contributed by atoms with E-state index in [1.165, 1.54) is 44.9 Å². The molecule has 1 amide bonds. The molecule has 0 bridgehead atoms. The highest BCUT2D eigenvalue weighted by Crippen LogP contribution is 2.14. The average Bonchev–Trinajstić information content (AvgIpc) is 2.79. The highest BCUT2D eigenvalue weighted by Gasteiger charge is 2.08. The van der Waals surface area contributed by atoms with E-state index in [4.69, 9.17) is 4.74 Å². The van der Waals surface area contributed by atoms with Crippen LogP contribution < -0.4 is 10.2 Å². The molecule has 172 valence electrons. The lowest BCUT2D eigenvalue weighted by molar-refractivity contribution is -0.121. The summed E-state index contributed by atoms with van der Waals surface area (Å²) in [5.41, 5.74) is 4.91. The van der Waals surface area contributed by atoms with Crippen LogP contribution in [0, 0.1) is 6.92 Å². The molecule has 0 atom stereocenters. The van der Waals surface area contributed by atoms with Gasteiger partial charge in [-0.2, -0.15) is 5.10 Å². The van der Waals surface area contributed by atoms with Crippen molar-refractivity contribution in [3.05, 3.63) is 65.2 Å². The zero-order valence-corrected chi connectivity index (χ0v) is 19.4. The number of amides is 1. The summed E-state index contributed by atoms with van der Waals surface area (Å²) in [4.78, 5) is 24.1. The Hall–Kier alpha value is -2.95. The number of aryl methyl sites for hydroxylation is 1. The van der Waals surface area contributed by atoms with Gasteiger partial charge < -0.3 is 4.74 Å². The Morgan fingerprint density at radius 3 is 2.22 bits per heavy atom. The van der Waals surface area contributed by atoms with Crippen molar-refractivity contribution < 1.29 is 14.3 Å². The number of unbranched alkanes of at least 4 members (excludes halogenated alkanes) is 8. The molecular weight excluding hydrogens is 400 g/mol. The molecule has 0 radical (unpaired) electrons. The van der Waals surface area contributed by atoms with E-state index in [1.807, 2.05) is 19.1 Å². The summed E-state index contributed by atoms with van der Waals surface area (Å²) in [6.45, 7) is 4.16. The minimum Gasteiger partial charge on any atom is -0.423 e. The predicted molar refractivity (Wildman–Crippen MR) is 130 cm³/mol. The zero-order chi connectivity index (χ0) is 23.0. The maximum atomic E-state index is 12.2. The van der Waals surface area contributed by atoms with Gasteiger partial charge in [0, 0.05) is 6.42 Å². The van der Waals surface area contributed by atoms with Crippen LogP contribution in [0.15, 0.2) is 53.6 Å². The van der Waals surface area contributed by atoms with Crippen LogP contribution >= 0.6 is 0 Å². The molecule has 0 unspecified atom stereocenters. The Morgan fingerprint density at radius 1 is 0.906 bits per heavy atom. The van der Waals surface area contributed by atoms with E-state index >= 15 is 0 Å². The molecule has 1 N–H and O–H groups in total. The summed E-state index contributed by atoms with van der Waals surface area (Å²) in [5, 5.41) is 4.01. The Balaban J connectivity index is 1.62. The number of ether oxygens (including phenoxy) is 1. The van der Waals surface area contributed by atoms with Crippen molar-refractivity contribution in [3.8, 4) is 5.75 Å². The fourth-order valence-electron chi connectivity index (χ4n) is 3.39. The van der Waals surface area contributed by atoms with Gasteiger partial charge in [0.15, 0.2) is 0 Å². The van der Waals surface area contributed by atoms with Crippen molar-refractivity contribution in [3.63, 3.8) is 0 Å². The molecule has 0 aliphatic rings. The normalized spacial score (nSPS) is 10.9. The Labute approximate surface area is 192 Å². The third-order valence-electron chi connectivity index (χ3n) is 5.25.